The fourth-order valence-corrected chi connectivity index (χ4v) is 4.31. The lowest BCUT2D eigenvalue weighted by Crippen LogP contribution is -2.12. The molecule has 3 rings (SSSR count). The normalized spacial score (nSPS) is 15.8. The molecule has 1 aromatic carbocycles. The number of hydrogen-bond acceptors (Lipinski definition) is 5. The molecule has 5 nitrogen and oxygen atoms in total. The van der Waals surface area contributed by atoms with E-state index in [4.69, 9.17) is 9.47 Å². The van der Waals surface area contributed by atoms with Gasteiger partial charge in [-0.2, -0.15) is 5.26 Å². The molecule has 1 N–H and O–H groups in total. The summed E-state index contributed by atoms with van der Waals surface area (Å²) in [5.41, 5.74) is 2.18. The molecule has 0 aliphatic heterocycles. The molecular formula is C19H20N2O3S. The number of anilines is 1. The Morgan fingerprint density at radius 2 is 2.08 bits per heavy atom. The first-order valence-electron chi connectivity index (χ1n) is 8.15. The smallest absolute Gasteiger partial charge is 0.256 e. The van der Waals surface area contributed by atoms with Gasteiger partial charge in [-0.1, -0.05) is 6.92 Å². The molecule has 0 unspecified atom stereocenters. The monoisotopic (exact) mass is 356 g/mol. The highest BCUT2D eigenvalue weighted by Crippen LogP contribution is 2.39. The largest absolute Gasteiger partial charge is 0.493 e. The van der Waals surface area contributed by atoms with Crippen molar-refractivity contribution < 1.29 is 14.3 Å². The molecule has 0 spiro atoms. The summed E-state index contributed by atoms with van der Waals surface area (Å²) in [5, 5.41) is 13.1. The predicted octanol–water partition coefficient (Wildman–Crippen LogP) is 4.01. The Bertz CT molecular complexity index is 851. The molecule has 1 aliphatic carbocycles. The average Bonchev–Trinajstić information content (AvgIpc) is 2.96. The van der Waals surface area contributed by atoms with Crippen molar-refractivity contribution in [3.8, 4) is 17.6 Å². The molecule has 1 aliphatic rings. The van der Waals surface area contributed by atoms with Crippen LogP contribution in [0.5, 0.6) is 11.5 Å². The molecule has 0 fully saturated rings. The first kappa shape index (κ1) is 17.3. The Hall–Kier alpha value is -2.52. The van der Waals surface area contributed by atoms with E-state index in [9.17, 15) is 10.1 Å². The summed E-state index contributed by atoms with van der Waals surface area (Å²) in [6, 6.07) is 7.28. The highest BCUT2D eigenvalue weighted by molar-refractivity contribution is 7.16. The fourth-order valence-electron chi connectivity index (χ4n) is 3.12. The zero-order chi connectivity index (χ0) is 18.0. The number of aryl methyl sites for hydroxylation is 1. The topological polar surface area (TPSA) is 71.3 Å². The quantitative estimate of drug-likeness (QED) is 0.898. The number of nitrogens with one attached hydrogen (secondary N) is 1. The van der Waals surface area contributed by atoms with E-state index < -0.39 is 0 Å². The summed E-state index contributed by atoms with van der Waals surface area (Å²) in [6.07, 6.45) is 3.00. The van der Waals surface area contributed by atoms with Gasteiger partial charge in [0.1, 0.15) is 11.1 Å². The second-order valence-electron chi connectivity index (χ2n) is 6.19. The third-order valence-corrected chi connectivity index (χ3v) is 5.70. The van der Waals surface area contributed by atoms with Crippen LogP contribution in [0.25, 0.3) is 0 Å². The first-order chi connectivity index (χ1) is 12.1. The molecule has 6 heteroatoms. The average molecular weight is 356 g/mol. The maximum atomic E-state index is 12.6. The van der Waals surface area contributed by atoms with Gasteiger partial charge in [0.05, 0.1) is 19.8 Å². The Balaban J connectivity index is 1.88. The summed E-state index contributed by atoms with van der Waals surface area (Å²) < 4.78 is 10.4. The minimum absolute atomic E-state index is 0.260. The maximum Gasteiger partial charge on any atom is 0.256 e. The second-order valence-corrected chi connectivity index (χ2v) is 7.30. The number of benzene rings is 1. The van der Waals surface area contributed by atoms with E-state index in [1.165, 1.54) is 23.3 Å². The van der Waals surface area contributed by atoms with Crippen LogP contribution >= 0.6 is 11.3 Å². The number of rotatable bonds is 4. The predicted molar refractivity (Wildman–Crippen MR) is 97.7 cm³/mol. The summed E-state index contributed by atoms with van der Waals surface area (Å²) in [6.45, 7) is 2.20. The molecule has 0 radical (unpaired) electrons. The summed E-state index contributed by atoms with van der Waals surface area (Å²) in [5.74, 6) is 1.37. The maximum absolute atomic E-state index is 12.6. The van der Waals surface area contributed by atoms with E-state index >= 15 is 0 Å². The van der Waals surface area contributed by atoms with Gasteiger partial charge >= 0.3 is 0 Å². The Labute approximate surface area is 151 Å². The van der Waals surface area contributed by atoms with E-state index in [1.807, 2.05) is 0 Å². The minimum Gasteiger partial charge on any atom is -0.493 e. The molecular weight excluding hydrogens is 336 g/mol. The van der Waals surface area contributed by atoms with Crippen molar-refractivity contribution >= 4 is 22.2 Å². The molecule has 1 amide bonds. The second kappa shape index (κ2) is 7.16. The number of nitrogens with zero attached hydrogens (tertiary/aromatic N) is 1. The van der Waals surface area contributed by atoms with Crippen LogP contribution in [0.1, 0.15) is 39.7 Å². The molecule has 0 saturated heterocycles. The van der Waals surface area contributed by atoms with Crippen LogP contribution in [0.15, 0.2) is 18.2 Å². The number of amides is 1. The van der Waals surface area contributed by atoms with Gasteiger partial charge in [0.25, 0.3) is 5.91 Å². The van der Waals surface area contributed by atoms with Gasteiger partial charge in [-0.15, -0.1) is 11.3 Å². The zero-order valence-corrected chi connectivity index (χ0v) is 15.3. The molecule has 1 aromatic heterocycles. The number of methoxy groups -OCH3 is 2. The molecule has 1 atom stereocenters. The van der Waals surface area contributed by atoms with Crippen molar-refractivity contribution in [2.45, 2.75) is 26.2 Å². The third-order valence-electron chi connectivity index (χ3n) is 4.49. The Morgan fingerprint density at radius 3 is 2.76 bits per heavy atom. The number of ether oxygens (including phenoxy) is 2. The van der Waals surface area contributed by atoms with Crippen molar-refractivity contribution in [3.63, 3.8) is 0 Å². The van der Waals surface area contributed by atoms with Gasteiger partial charge in [-0.25, -0.2) is 0 Å². The van der Waals surface area contributed by atoms with Crippen LogP contribution in [0.2, 0.25) is 0 Å². The van der Waals surface area contributed by atoms with Crippen molar-refractivity contribution in [1.29, 1.82) is 5.26 Å². The highest BCUT2D eigenvalue weighted by Gasteiger charge is 2.25. The first-order valence-corrected chi connectivity index (χ1v) is 8.97. The molecule has 25 heavy (non-hydrogen) atoms. The number of thiophene rings is 1. The van der Waals surface area contributed by atoms with Gasteiger partial charge in [-0.05, 0) is 48.9 Å². The lowest BCUT2D eigenvalue weighted by atomic mass is 9.88. The van der Waals surface area contributed by atoms with Crippen LogP contribution < -0.4 is 14.8 Å². The van der Waals surface area contributed by atoms with Gasteiger partial charge in [0, 0.05) is 10.4 Å². The highest BCUT2D eigenvalue weighted by atomic mass is 32.1. The van der Waals surface area contributed by atoms with E-state index in [2.05, 4.69) is 18.3 Å². The van der Waals surface area contributed by atoms with E-state index in [1.54, 1.807) is 25.3 Å². The molecule has 1 heterocycles. The zero-order valence-electron chi connectivity index (χ0n) is 14.5. The number of carbonyl (C=O) groups excluding carboxylic acids is 1. The van der Waals surface area contributed by atoms with Crippen molar-refractivity contribution in [1.82, 2.24) is 0 Å². The van der Waals surface area contributed by atoms with E-state index in [0.717, 1.165) is 24.8 Å². The van der Waals surface area contributed by atoms with Crippen LogP contribution in [0.3, 0.4) is 0 Å². The van der Waals surface area contributed by atoms with Crippen molar-refractivity contribution in [2.75, 3.05) is 19.5 Å². The Kier molecular flexibility index (Phi) is 4.95. The number of nitriles is 1. The van der Waals surface area contributed by atoms with Crippen LogP contribution in [0.4, 0.5) is 5.00 Å². The van der Waals surface area contributed by atoms with Gasteiger partial charge in [0.2, 0.25) is 0 Å². The van der Waals surface area contributed by atoms with Crippen molar-refractivity contribution in [2.24, 2.45) is 5.92 Å². The lowest BCUT2D eigenvalue weighted by molar-refractivity contribution is 0.102. The van der Waals surface area contributed by atoms with Gasteiger partial charge < -0.3 is 14.8 Å². The van der Waals surface area contributed by atoms with Gasteiger partial charge in [-0.3, -0.25) is 4.79 Å². The SMILES string of the molecule is COc1ccc(C(=O)Nc2sc3c(c2C#N)C[C@H](C)CC3)cc1OC. The minimum atomic E-state index is -0.260. The van der Waals surface area contributed by atoms with Gasteiger partial charge in [0.15, 0.2) is 11.5 Å². The molecule has 130 valence electrons. The standard InChI is InChI=1S/C19H20N2O3S/c1-11-4-7-17-13(8-11)14(10-20)19(25-17)21-18(22)12-5-6-15(23-2)16(9-12)24-3/h5-6,9,11H,4,7-8H2,1-3H3,(H,21,22)/t11-/m1/s1. The van der Waals surface area contributed by atoms with Crippen LogP contribution in [0, 0.1) is 17.2 Å². The molecule has 0 bridgehead atoms. The van der Waals surface area contributed by atoms with E-state index in [-0.39, 0.29) is 5.91 Å². The van der Waals surface area contributed by atoms with Crippen molar-refractivity contribution in [3.05, 3.63) is 39.8 Å². The number of hydrogen-bond donors (Lipinski definition) is 1. The number of carbonyl (C=O) groups is 1. The summed E-state index contributed by atoms with van der Waals surface area (Å²) in [4.78, 5) is 13.8. The third kappa shape index (κ3) is 3.33. The molecule has 2 aromatic rings. The fraction of sp³-hybridized carbons (Fsp3) is 0.368. The van der Waals surface area contributed by atoms with Crippen LogP contribution in [-0.4, -0.2) is 20.1 Å². The summed E-state index contributed by atoms with van der Waals surface area (Å²) >= 11 is 1.52. The summed E-state index contributed by atoms with van der Waals surface area (Å²) in [7, 11) is 3.08. The molecule has 0 saturated carbocycles. The van der Waals surface area contributed by atoms with E-state index in [0.29, 0.717) is 33.5 Å². The van der Waals surface area contributed by atoms with Crippen LogP contribution in [-0.2, 0) is 12.8 Å². The lowest BCUT2D eigenvalue weighted by Gasteiger charge is -2.17. The number of fused-ring (bicyclic) bond motifs is 1. The Morgan fingerprint density at radius 1 is 1.32 bits per heavy atom.